The molecule has 68 valence electrons. The minimum absolute atomic E-state index is 0. The van der Waals surface area contributed by atoms with E-state index in [0.29, 0.717) is 0 Å². The Hall–Kier alpha value is 0.0195. The molecule has 6 nitrogen and oxygen atoms in total. The molecule has 0 aromatic rings. The molecule has 0 aromatic carbocycles. The first-order valence-electron chi connectivity index (χ1n) is 0.500. The van der Waals surface area contributed by atoms with E-state index in [1.165, 1.54) is 0 Å². The summed E-state index contributed by atoms with van der Waals surface area (Å²) in [6.45, 7) is 6.00. The minimum Gasteiger partial charge on any atom is -0.412 e. The second-order valence-corrected chi connectivity index (χ2v) is 0. The van der Waals surface area contributed by atoms with Gasteiger partial charge in [0, 0.05) is 17.1 Å². The summed E-state index contributed by atoms with van der Waals surface area (Å²) >= 11 is 0. The molecule has 0 saturated heterocycles. The number of hydrogen-bond acceptors (Lipinski definition) is 2. The molecule has 0 radical (unpaired) electrons. The molecule has 0 aliphatic rings. The van der Waals surface area contributed by atoms with Gasteiger partial charge in [-0.3, -0.25) is 0 Å². The molecule has 0 aliphatic heterocycles. The van der Waals surface area contributed by atoms with Crippen molar-refractivity contribution in [1.82, 2.24) is 12.3 Å². The summed E-state index contributed by atoms with van der Waals surface area (Å²) in [6, 6.07) is 0. The standard InChI is InChI=1S/C2H4.Fe.2H3N.4H2O/c1-2;;;;;;;/h1-2H2;;2*1H3;4*1H2. The van der Waals surface area contributed by atoms with Crippen molar-refractivity contribution < 1.29 is 39.0 Å². The average molecular weight is 190 g/mol. The number of hydrogen-bond donors (Lipinski definition) is 2. The third kappa shape index (κ3) is 766000. The Morgan fingerprint density at radius 2 is 0.556 bits per heavy atom. The van der Waals surface area contributed by atoms with Crippen LogP contribution in [0.1, 0.15) is 0 Å². The van der Waals surface area contributed by atoms with E-state index in [2.05, 4.69) is 13.2 Å². The van der Waals surface area contributed by atoms with E-state index in [1.54, 1.807) is 0 Å². The van der Waals surface area contributed by atoms with Crippen molar-refractivity contribution in [2.75, 3.05) is 0 Å². The topological polar surface area (TPSA) is 196 Å². The maximum atomic E-state index is 3.00. The van der Waals surface area contributed by atoms with Crippen LogP contribution in [0.2, 0.25) is 0 Å². The molecular weight excluding hydrogens is 172 g/mol. The SMILES string of the molecule is C=C.N.N.O.O.O.O.[Fe]. The molecule has 0 amide bonds. The molecular formula is C2H18FeN2O4. The maximum absolute atomic E-state index is 3.00. The Morgan fingerprint density at radius 3 is 0.556 bits per heavy atom. The van der Waals surface area contributed by atoms with Crippen LogP contribution in [0.4, 0.5) is 0 Å². The summed E-state index contributed by atoms with van der Waals surface area (Å²) in [4.78, 5) is 0. The smallest absolute Gasteiger partial charge is 0 e. The Balaban J connectivity index is -0.000000000238. The van der Waals surface area contributed by atoms with Crippen molar-refractivity contribution in [2.45, 2.75) is 0 Å². The van der Waals surface area contributed by atoms with Gasteiger partial charge in [-0.2, -0.15) is 0 Å². The van der Waals surface area contributed by atoms with E-state index >= 15 is 0 Å². The van der Waals surface area contributed by atoms with Gasteiger partial charge in [-0.05, 0) is 0 Å². The zero-order valence-corrected chi connectivity index (χ0v) is 6.29. The fourth-order valence-electron chi connectivity index (χ4n) is 0. The van der Waals surface area contributed by atoms with Crippen molar-refractivity contribution in [3.05, 3.63) is 13.2 Å². The van der Waals surface area contributed by atoms with Gasteiger partial charge >= 0.3 is 0 Å². The van der Waals surface area contributed by atoms with Crippen molar-refractivity contribution in [1.29, 1.82) is 0 Å². The van der Waals surface area contributed by atoms with Gasteiger partial charge in [0.15, 0.2) is 0 Å². The summed E-state index contributed by atoms with van der Waals surface area (Å²) in [7, 11) is 0. The molecule has 7 heteroatoms. The zero-order chi connectivity index (χ0) is 2.00. The molecule has 14 N–H and O–H groups in total. The van der Waals surface area contributed by atoms with E-state index in [1.807, 2.05) is 0 Å². The second-order valence-electron chi connectivity index (χ2n) is 0. The second kappa shape index (κ2) is 1040000. The first-order valence-corrected chi connectivity index (χ1v) is 0.500. The van der Waals surface area contributed by atoms with Crippen LogP contribution >= 0.6 is 0 Å². The average Bonchev–Trinajstić information content (AvgIpc) is 1.00. The molecule has 0 unspecified atom stereocenters. The predicted molar refractivity (Wildman–Crippen MR) is 35.8 cm³/mol. The maximum Gasteiger partial charge on any atom is 0 e. The summed E-state index contributed by atoms with van der Waals surface area (Å²) in [6.07, 6.45) is 0. The van der Waals surface area contributed by atoms with E-state index in [9.17, 15) is 0 Å². The van der Waals surface area contributed by atoms with Gasteiger partial charge in [-0.25, -0.2) is 0 Å². The molecule has 9 heavy (non-hydrogen) atoms. The molecule has 0 fully saturated rings. The van der Waals surface area contributed by atoms with Crippen LogP contribution in [0.25, 0.3) is 0 Å². The van der Waals surface area contributed by atoms with Crippen molar-refractivity contribution >= 4 is 0 Å². The van der Waals surface area contributed by atoms with Crippen molar-refractivity contribution in [3.63, 3.8) is 0 Å². The molecule has 0 heterocycles. The van der Waals surface area contributed by atoms with Gasteiger partial charge < -0.3 is 34.2 Å². The molecule has 0 aliphatic carbocycles. The molecule has 0 aromatic heterocycles. The van der Waals surface area contributed by atoms with Gasteiger partial charge in [0.2, 0.25) is 0 Å². The van der Waals surface area contributed by atoms with E-state index < -0.39 is 0 Å². The van der Waals surface area contributed by atoms with E-state index in [4.69, 9.17) is 0 Å². The van der Waals surface area contributed by atoms with Crippen LogP contribution in [-0.2, 0) is 17.1 Å². The Morgan fingerprint density at radius 1 is 0.556 bits per heavy atom. The van der Waals surface area contributed by atoms with Gasteiger partial charge in [0.05, 0.1) is 0 Å². The third-order valence-corrected chi connectivity index (χ3v) is 0. The van der Waals surface area contributed by atoms with Crippen LogP contribution in [0.3, 0.4) is 0 Å². The summed E-state index contributed by atoms with van der Waals surface area (Å²) in [5.41, 5.74) is 0. The van der Waals surface area contributed by atoms with Crippen LogP contribution in [0, 0.1) is 0 Å². The molecule has 0 bridgehead atoms. The third-order valence-electron chi connectivity index (χ3n) is 0. The Bertz CT molecular complexity index is 16.5. The molecule has 0 rings (SSSR count). The first kappa shape index (κ1) is 558. The molecule has 0 spiro atoms. The van der Waals surface area contributed by atoms with Crippen molar-refractivity contribution in [2.24, 2.45) is 0 Å². The first-order chi connectivity index (χ1) is 1.00. The van der Waals surface area contributed by atoms with Crippen LogP contribution in [-0.4, -0.2) is 21.9 Å². The normalized spacial score (nSPS) is 0.444. The van der Waals surface area contributed by atoms with Gasteiger partial charge in [0.25, 0.3) is 0 Å². The fraction of sp³-hybridized carbons (Fsp3) is 0. The van der Waals surface area contributed by atoms with Gasteiger partial charge in [-0.1, -0.05) is 0 Å². The minimum atomic E-state index is 0. The van der Waals surface area contributed by atoms with Gasteiger partial charge in [0.1, 0.15) is 0 Å². The summed E-state index contributed by atoms with van der Waals surface area (Å²) in [5, 5.41) is 0. The van der Waals surface area contributed by atoms with E-state index in [-0.39, 0.29) is 51.3 Å². The largest absolute Gasteiger partial charge is 0.412 e. The van der Waals surface area contributed by atoms with Gasteiger partial charge in [-0.15, -0.1) is 13.2 Å². The predicted octanol–water partition coefficient (Wildman–Crippen LogP) is -2.18. The fourth-order valence-corrected chi connectivity index (χ4v) is 0. The molecule has 0 saturated carbocycles. The summed E-state index contributed by atoms with van der Waals surface area (Å²) in [5.74, 6) is 0. The Kier molecular flexibility index (Phi) is 64600000. The summed E-state index contributed by atoms with van der Waals surface area (Å²) < 4.78 is 0. The number of rotatable bonds is 0. The van der Waals surface area contributed by atoms with Crippen LogP contribution in [0.15, 0.2) is 13.2 Å². The Labute approximate surface area is 65.2 Å². The van der Waals surface area contributed by atoms with Crippen molar-refractivity contribution in [3.8, 4) is 0 Å². The monoisotopic (exact) mass is 190 g/mol. The zero-order valence-electron chi connectivity index (χ0n) is 5.18. The van der Waals surface area contributed by atoms with Crippen LogP contribution < -0.4 is 12.3 Å². The quantitative estimate of drug-likeness (QED) is 0.323. The van der Waals surface area contributed by atoms with Crippen LogP contribution in [0.5, 0.6) is 0 Å². The van der Waals surface area contributed by atoms with E-state index in [0.717, 1.165) is 0 Å². The molecule has 0 atom stereocenters.